The number of piperidine rings is 2. The number of amides is 1. The molecule has 2 saturated carbocycles. The van der Waals surface area contributed by atoms with Crippen molar-refractivity contribution in [2.24, 2.45) is 22.2 Å². The molecule has 4 rings (SSSR count). The first kappa shape index (κ1) is 15.7. The summed E-state index contributed by atoms with van der Waals surface area (Å²) in [4.78, 5) is 12.7. The van der Waals surface area contributed by atoms with Crippen molar-refractivity contribution in [1.82, 2.24) is 16.0 Å². The number of carbonyl (C=O) groups is 1. The number of hydrogen-bond donors (Lipinski definition) is 3. The zero-order valence-electron chi connectivity index (χ0n) is 13.2. The molecule has 0 spiro atoms. The molecule has 23 heavy (non-hydrogen) atoms. The maximum atomic E-state index is 13.3. The Balaban J connectivity index is 1.39. The molecule has 4 nitrogen and oxygen atoms in total. The molecule has 130 valence electrons. The number of carbonyl (C=O) groups excluding carboxylic acids is 1. The molecule has 4 aliphatic rings. The second kappa shape index (κ2) is 4.85. The number of halogens is 3. The number of rotatable bonds is 4. The molecule has 0 bridgehead atoms. The molecule has 0 aromatic carbocycles. The summed E-state index contributed by atoms with van der Waals surface area (Å²) >= 11 is 0. The van der Waals surface area contributed by atoms with Gasteiger partial charge in [0.05, 0.1) is 10.8 Å². The molecule has 2 heterocycles. The summed E-state index contributed by atoms with van der Waals surface area (Å²) in [6, 6.07) is 0. The van der Waals surface area contributed by atoms with Gasteiger partial charge in [0.2, 0.25) is 5.91 Å². The zero-order valence-corrected chi connectivity index (χ0v) is 13.2. The van der Waals surface area contributed by atoms with E-state index in [9.17, 15) is 18.0 Å². The maximum Gasteiger partial charge on any atom is 0.396 e. The lowest BCUT2D eigenvalue weighted by Gasteiger charge is -2.30. The van der Waals surface area contributed by atoms with Crippen molar-refractivity contribution in [3.63, 3.8) is 0 Å². The van der Waals surface area contributed by atoms with Gasteiger partial charge in [-0.2, -0.15) is 13.2 Å². The lowest BCUT2D eigenvalue weighted by Crippen LogP contribution is -2.44. The first-order chi connectivity index (χ1) is 10.9. The lowest BCUT2D eigenvalue weighted by molar-refractivity contribution is -0.190. The van der Waals surface area contributed by atoms with Crippen LogP contribution in [0.1, 0.15) is 32.1 Å². The summed E-state index contributed by atoms with van der Waals surface area (Å²) in [5, 5.41) is 9.08. The molecule has 0 unspecified atom stereocenters. The number of nitrogens with one attached hydrogen (secondary N) is 3. The fourth-order valence-corrected chi connectivity index (χ4v) is 5.08. The van der Waals surface area contributed by atoms with E-state index in [4.69, 9.17) is 0 Å². The Hall–Kier alpha value is -0.820. The van der Waals surface area contributed by atoms with Crippen LogP contribution in [0.15, 0.2) is 0 Å². The summed E-state index contributed by atoms with van der Waals surface area (Å²) < 4.78 is 40.0. The van der Waals surface area contributed by atoms with E-state index in [1.165, 1.54) is 0 Å². The van der Waals surface area contributed by atoms with Crippen molar-refractivity contribution in [2.45, 2.75) is 38.3 Å². The van der Waals surface area contributed by atoms with E-state index in [-0.39, 0.29) is 30.8 Å². The van der Waals surface area contributed by atoms with Gasteiger partial charge >= 0.3 is 6.18 Å². The Bertz CT molecular complexity index is 513. The molecule has 0 radical (unpaired) electrons. The number of fused-ring (bicyclic) bond motifs is 1. The van der Waals surface area contributed by atoms with Crippen LogP contribution in [-0.2, 0) is 4.79 Å². The highest BCUT2D eigenvalue weighted by atomic mass is 19.4. The molecule has 2 aliphatic carbocycles. The average molecular weight is 331 g/mol. The van der Waals surface area contributed by atoms with E-state index in [1.807, 2.05) is 0 Å². The van der Waals surface area contributed by atoms with Crippen LogP contribution in [0, 0.1) is 22.2 Å². The minimum atomic E-state index is -4.19. The third-order valence-corrected chi connectivity index (χ3v) is 6.91. The van der Waals surface area contributed by atoms with Gasteiger partial charge in [-0.1, -0.05) is 0 Å². The minimum absolute atomic E-state index is 0.00588. The monoisotopic (exact) mass is 331 g/mol. The molecule has 1 amide bonds. The van der Waals surface area contributed by atoms with E-state index >= 15 is 0 Å². The van der Waals surface area contributed by atoms with E-state index < -0.39 is 17.0 Å². The van der Waals surface area contributed by atoms with Crippen LogP contribution < -0.4 is 16.0 Å². The van der Waals surface area contributed by atoms with Crippen LogP contribution in [0.5, 0.6) is 0 Å². The van der Waals surface area contributed by atoms with Crippen molar-refractivity contribution >= 4 is 5.91 Å². The highest BCUT2D eigenvalue weighted by molar-refractivity contribution is 5.85. The first-order valence-corrected chi connectivity index (χ1v) is 8.62. The van der Waals surface area contributed by atoms with Crippen molar-refractivity contribution in [1.29, 1.82) is 0 Å². The SMILES string of the molecule is O=C(NC[C@]12CNC[C@@]1(C(F)(F)F)C2)C1(C2CCNCC2)CC1. The molecular weight excluding hydrogens is 307 g/mol. The zero-order chi connectivity index (χ0) is 16.3. The quantitative estimate of drug-likeness (QED) is 0.730. The van der Waals surface area contributed by atoms with Gasteiger partial charge < -0.3 is 16.0 Å². The first-order valence-electron chi connectivity index (χ1n) is 8.62. The molecule has 4 fully saturated rings. The largest absolute Gasteiger partial charge is 0.396 e. The molecule has 0 aromatic heterocycles. The van der Waals surface area contributed by atoms with Gasteiger partial charge in [-0.3, -0.25) is 4.79 Å². The van der Waals surface area contributed by atoms with Gasteiger partial charge in [-0.05, 0) is 51.1 Å². The molecule has 0 aromatic rings. The van der Waals surface area contributed by atoms with Crippen LogP contribution in [0.3, 0.4) is 0 Å². The van der Waals surface area contributed by atoms with Gasteiger partial charge in [0.25, 0.3) is 0 Å². The van der Waals surface area contributed by atoms with E-state index in [1.54, 1.807) is 0 Å². The molecule has 3 N–H and O–H groups in total. The summed E-state index contributed by atoms with van der Waals surface area (Å²) in [6.45, 7) is 2.37. The lowest BCUT2D eigenvalue weighted by atomic mass is 9.81. The smallest absolute Gasteiger partial charge is 0.355 e. The molecular formula is C16H24F3N3O. The normalized spacial score (nSPS) is 38.9. The van der Waals surface area contributed by atoms with Crippen LogP contribution >= 0.6 is 0 Å². The fraction of sp³-hybridized carbons (Fsp3) is 0.938. The van der Waals surface area contributed by atoms with Gasteiger partial charge in [0.1, 0.15) is 0 Å². The number of alkyl halides is 3. The third-order valence-electron chi connectivity index (χ3n) is 6.91. The van der Waals surface area contributed by atoms with Crippen molar-refractivity contribution in [3.05, 3.63) is 0 Å². The Labute approximate surface area is 133 Å². The Morgan fingerprint density at radius 1 is 1.13 bits per heavy atom. The molecule has 7 heteroatoms. The maximum absolute atomic E-state index is 13.3. The van der Waals surface area contributed by atoms with Crippen LogP contribution in [-0.4, -0.2) is 44.8 Å². The average Bonchev–Trinajstić information content (AvgIpc) is 3.42. The van der Waals surface area contributed by atoms with Crippen molar-refractivity contribution < 1.29 is 18.0 Å². The van der Waals surface area contributed by atoms with Crippen molar-refractivity contribution in [3.8, 4) is 0 Å². The second-order valence-corrected chi connectivity index (χ2v) is 8.00. The fourth-order valence-electron chi connectivity index (χ4n) is 5.08. The summed E-state index contributed by atoms with van der Waals surface area (Å²) in [5.74, 6) is 0.378. The third kappa shape index (κ3) is 2.15. The molecule has 2 aliphatic heterocycles. The molecule has 2 saturated heterocycles. The van der Waals surface area contributed by atoms with Gasteiger partial charge in [0, 0.05) is 25.0 Å². The summed E-state index contributed by atoms with van der Waals surface area (Å²) in [7, 11) is 0. The van der Waals surface area contributed by atoms with Crippen LogP contribution in [0.25, 0.3) is 0 Å². The van der Waals surface area contributed by atoms with Gasteiger partial charge in [-0.25, -0.2) is 0 Å². The van der Waals surface area contributed by atoms with E-state index in [2.05, 4.69) is 16.0 Å². The van der Waals surface area contributed by atoms with E-state index in [0.29, 0.717) is 12.5 Å². The summed E-state index contributed by atoms with van der Waals surface area (Å²) in [5.41, 5.74) is -2.72. The summed E-state index contributed by atoms with van der Waals surface area (Å²) in [6.07, 6.45) is -0.276. The van der Waals surface area contributed by atoms with Crippen LogP contribution in [0.4, 0.5) is 13.2 Å². The Morgan fingerprint density at radius 2 is 1.83 bits per heavy atom. The van der Waals surface area contributed by atoms with E-state index in [0.717, 1.165) is 38.8 Å². The van der Waals surface area contributed by atoms with Gasteiger partial charge in [-0.15, -0.1) is 0 Å². The topological polar surface area (TPSA) is 53.2 Å². The molecule has 2 atom stereocenters. The predicted molar refractivity (Wildman–Crippen MR) is 78.7 cm³/mol. The Kier molecular flexibility index (Phi) is 3.31. The second-order valence-electron chi connectivity index (χ2n) is 8.00. The minimum Gasteiger partial charge on any atom is -0.355 e. The standard InChI is InChI=1S/C16H24F3N3O/c17-16(18,19)15-7-13(15,8-21-10-15)9-22-12(23)14(3-4-14)11-1-5-20-6-2-11/h11,20-21H,1-10H2,(H,22,23)/t13-,15-/m0/s1. The predicted octanol–water partition coefficient (Wildman–Crippen LogP) is 1.42. The highest BCUT2D eigenvalue weighted by Gasteiger charge is 2.81. The van der Waals surface area contributed by atoms with Gasteiger partial charge in [0.15, 0.2) is 0 Å². The Morgan fingerprint density at radius 3 is 2.39 bits per heavy atom. The number of hydrogen-bond acceptors (Lipinski definition) is 3. The van der Waals surface area contributed by atoms with Crippen molar-refractivity contribution in [2.75, 3.05) is 32.7 Å². The highest BCUT2D eigenvalue weighted by Crippen LogP contribution is 2.72. The van der Waals surface area contributed by atoms with Crippen LogP contribution in [0.2, 0.25) is 0 Å².